The molecule has 0 radical (unpaired) electrons. The molecular weight excluding hydrogens is 464 g/mol. The van der Waals surface area contributed by atoms with E-state index < -0.39 is 5.54 Å². The Labute approximate surface area is 209 Å². The standard InChI is InChI=1S/C25H31ClN8O/c1-14-10-20(29-24-28-12-19(26)22(31-24)30-21-11-16(3)32-33-21)15(2)9-18(14)17-5-4-8-34(13-17)23(35)25(27)6-7-25/h9-12,17H,4-8,13,27H2,1-3H3,(H3,28,29,30,31,32,33). The molecule has 1 atom stereocenters. The molecule has 35 heavy (non-hydrogen) atoms. The zero-order chi connectivity index (χ0) is 24.7. The number of anilines is 4. The number of aromatic nitrogens is 4. The number of nitrogens with two attached hydrogens (primary N) is 1. The number of nitrogens with zero attached hydrogens (tertiary/aromatic N) is 4. The number of amides is 1. The third-order valence-electron chi connectivity index (χ3n) is 6.92. The van der Waals surface area contributed by atoms with Gasteiger partial charge in [0, 0.05) is 36.5 Å². The predicted octanol–water partition coefficient (Wildman–Crippen LogP) is 4.46. The molecule has 3 heterocycles. The van der Waals surface area contributed by atoms with Crippen molar-refractivity contribution in [2.45, 2.75) is 57.9 Å². The third-order valence-corrected chi connectivity index (χ3v) is 7.20. The fourth-order valence-corrected chi connectivity index (χ4v) is 4.87. The van der Waals surface area contributed by atoms with Crippen molar-refractivity contribution < 1.29 is 4.79 Å². The summed E-state index contributed by atoms with van der Waals surface area (Å²) in [6, 6.07) is 6.21. The van der Waals surface area contributed by atoms with E-state index in [1.165, 1.54) is 11.1 Å². The first-order chi connectivity index (χ1) is 16.7. The molecule has 0 spiro atoms. The van der Waals surface area contributed by atoms with E-state index in [1.54, 1.807) is 6.20 Å². The number of carbonyl (C=O) groups is 1. The van der Waals surface area contributed by atoms with Crippen molar-refractivity contribution >= 4 is 40.8 Å². The molecule has 1 saturated carbocycles. The van der Waals surface area contributed by atoms with Crippen molar-refractivity contribution in [1.29, 1.82) is 0 Å². The quantitative estimate of drug-likeness (QED) is 0.398. The summed E-state index contributed by atoms with van der Waals surface area (Å²) < 4.78 is 0. The number of likely N-dealkylation sites (tertiary alicyclic amines) is 1. The third kappa shape index (κ3) is 4.97. The summed E-state index contributed by atoms with van der Waals surface area (Å²) in [5, 5.41) is 13.9. The van der Waals surface area contributed by atoms with E-state index in [4.69, 9.17) is 17.3 Å². The molecule has 1 aliphatic heterocycles. The lowest BCUT2D eigenvalue weighted by atomic mass is 9.86. The molecule has 1 amide bonds. The summed E-state index contributed by atoms with van der Waals surface area (Å²) >= 11 is 6.30. The second-order valence-electron chi connectivity index (χ2n) is 9.85. The van der Waals surface area contributed by atoms with Crippen LogP contribution in [-0.4, -0.2) is 49.6 Å². The van der Waals surface area contributed by atoms with E-state index in [9.17, 15) is 4.79 Å². The van der Waals surface area contributed by atoms with Crippen LogP contribution in [0.5, 0.6) is 0 Å². The minimum Gasteiger partial charge on any atom is -0.340 e. The number of hydrogen-bond acceptors (Lipinski definition) is 7. The maximum Gasteiger partial charge on any atom is 0.242 e. The number of piperidine rings is 1. The molecule has 5 N–H and O–H groups in total. The van der Waals surface area contributed by atoms with E-state index in [0.717, 1.165) is 55.7 Å². The van der Waals surface area contributed by atoms with Gasteiger partial charge in [-0.15, -0.1) is 0 Å². The Morgan fingerprint density at radius 1 is 1.20 bits per heavy atom. The Kier molecular flexibility index (Phi) is 6.14. The highest BCUT2D eigenvalue weighted by molar-refractivity contribution is 6.32. The van der Waals surface area contributed by atoms with Crippen molar-refractivity contribution in [2.24, 2.45) is 5.73 Å². The Hall–Kier alpha value is -3.17. The van der Waals surface area contributed by atoms with E-state index in [-0.39, 0.29) is 5.91 Å². The fourth-order valence-electron chi connectivity index (χ4n) is 4.73. The largest absolute Gasteiger partial charge is 0.340 e. The molecule has 5 rings (SSSR count). The smallest absolute Gasteiger partial charge is 0.242 e. The first kappa shape index (κ1) is 23.6. The number of aryl methyl sites for hydroxylation is 3. The Morgan fingerprint density at radius 2 is 2.00 bits per heavy atom. The van der Waals surface area contributed by atoms with Crippen LogP contribution in [0, 0.1) is 20.8 Å². The van der Waals surface area contributed by atoms with Crippen molar-refractivity contribution in [2.75, 3.05) is 23.7 Å². The molecule has 2 aromatic heterocycles. The number of nitrogens with one attached hydrogen (secondary N) is 3. The Balaban J connectivity index is 1.33. The number of benzene rings is 1. The molecule has 184 valence electrons. The lowest BCUT2D eigenvalue weighted by Crippen LogP contribution is -2.49. The van der Waals surface area contributed by atoms with Crippen LogP contribution >= 0.6 is 11.6 Å². The molecular formula is C25H31ClN8O. The number of rotatable bonds is 6. The van der Waals surface area contributed by atoms with Gasteiger partial charge < -0.3 is 21.3 Å². The van der Waals surface area contributed by atoms with Gasteiger partial charge in [-0.1, -0.05) is 17.7 Å². The molecule has 1 saturated heterocycles. The second-order valence-corrected chi connectivity index (χ2v) is 10.3. The lowest BCUT2D eigenvalue weighted by molar-refractivity contribution is -0.134. The van der Waals surface area contributed by atoms with Crippen molar-refractivity contribution in [3.63, 3.8) is 0 Å². The molecule has 9 nitrogen and oxygen atoms in total. The van der Waals surface area contributed by atoms with Crippen LogP contribution in [0.4, 0.5) is 23.3 Å². The summed E-state index contributed by atoms with van der Waals surface area (Å²) in [4.78, 5) is 23.6. The maximum atomic E-state index is 12.8. The van der Waals surface area contributed by atoms with E-state index >= 15 is 0 Å². The SMILES string of the molecule is Cc1cc(Nc2nc(Nc3cc(C)c(C4CCCN(C(=O)C5(N)CC5)C4)cc3C)ncc2Cl)n[nH]1. The minimum absolute atomic E-state index is 0.115. The van der Waals surface area contributed by atoms with Crippen LogP contribution in [-0.2, 0) is 4.79 Å². The first-order valence-electron chi connectivity index (χ1n) is 12.0. The van der Waals surface area contributed by atoms with Gasteiger partial charge in [0.15, 0.2) is 11.6 Å². The van der Waals surface area contributed by atoms with Crippen LogP contribution in [0.15, 0.2) is 24.4 Å². The van der Waals surface area contributed by atoms with Crippen molar-refractivity contribution in [1.82, 2.24) is 25.1 Å². The summed E-state index contributed by atoms with van der Waals surface area (Å²) in [7, 11) is 0. The highest BCUT2D eigenvalue weighted by atomic mass is 35.5. The molecule has 3 aromatic rings. The minimum atomic E-state index is -0.608. The van der Waals surface area contributed by atoms with Crippen LogP contribution in [0.25, 0.3) is 0 Å². The van der Waals surface area contributed by atoms with Crippen LogP contribution in [0.1, 0.15) is 54.0 Å². The van der Waals surface area contributed by atoms with Gasteiger partial charge in [-0.3, -0.25) is 9.89 Å². The van der Waals surface area contributed by atoms with Gasteiger partial charge in [0.1, 0.15) is 5.02 Å². The molecule has 0 bridgehead atoms. The topological polar surface area (TPSA) is 125 Å². The van der Waals surface area contributed by atoms with Gasteiger partial charge in [-0.25, -0.2) is 4.98 Å². The number of aromatic amines is 1. The van der Waals surface area contributed by atoms with E-state index in [1.807, 2.05) is 17.9 Å². The second kappa shape index (κ2) is 9.13. The van der Waals surface area contributed by atoms with Gasteiger partial charge in [-0.05, 0) is 69.2 Å². The first-order valence-corrected chi connectivity index (χ1v) is 12.4. The van der Waals surface area contributed by atoms with Crippen LogP contribution in [0.3, 0.4) is 0 Å². The summed E-state index contributed by atoms with van der Waals surface area (Å²) in [5.74, 6) is 1.97. The van der Waals surface area contributed by atoms with Crippen LogP contribution < -0.4 is 16.4 Å². The van der Waals surface area contributed by atoms with E-state index in [0.29, 0.717) is 28.5 Å². The van der Waals surface area contributed by atoms with Gasteiger partial charge in [0.05, 0.1) is 11.7 Å². The maximum absolute atomic E-state index is 12.8. The van der Waals surface area contributed by atoms with Gasteiger partial charge in [0.2, 0.25) is 11.9 Å². The molecule has 1 aliphatic carbocycles. The highest BCUT2D eigenvalue weighted by Crippen LogP contribution is 2.38. The van der Waals surface area contributed by atoms with Crippen molar-refractivity contribution in [3.05, 3.63) is 51.8 Å². The monoisotopic (exact) mass is 494 g/mol. The fraction of sp³-hybridized carbons (Fsp3) is 0.440. The lowest BCUT2D eigenvalue weighted by Gasteiger charge is -2.35. The average Bonchev–Trinajstić information content (AvgIpc) is 3.46. The summed E-state index contributed by atoms with van der Waals surface area (Å²) in [6.45, 7) is 7.63. The average molecular weight is 495 g/mol. The van der Waals surface area contributed by atoms with Gasteiger partial charge >= 0.3 is 0 Å². The molecule has 2 aliphatic rings. The zero-order valence-electron chi connectivity index (χ0n) is 20.3. The molecule has 1 aromatic carbocycles. The Morgan fingerprint density at radius 3 is 2.71 bits per heavy atom. The van der Waals surface area contributed by atoms with Gasteiger partial charge in [-0.2, -0.15) is 10.1 Å². The highest BCUT2D eigenvalue weighted by Gasteiger charge is 2.48. The summed E-state index contributed by atoms with van der Waals surface area (Å²) in [5.41, 5.74) is 11.0. The van der Waals surface area contributed by atoms with Gasteiger partial charge in [0.25, 0.3) is 0 Å². The van der Waals surface area contributed by atoms with Crippen molar-refractivity contribution in [3.8, 4) is 0 Å². The zero-order valence-corrected chi connectivity index (χ0v) is 21.0. The number of H-pyrrole nitrogens is 1. The summed E-state index contributed by atoms with van der Waals surface area (Å²) in [6.07, 6.45) is 5.23. The predicted molar refractivity (Wildman–Crippen MR) is 138 cm³/mol. The van der Waals surface area contributed by atoms with E-state index in [2.05, 4.69) is 56.8 Å². The number of halogens is 1. The normalized spacial score (nSPS) is 18.9. The molecule has 2 fully saturated rings. The molecule has 10 heteroatoms. The number of hydrogen-bond donors (Lipinski definition) is 4. The molecule has 1 unspecified atom stereocenters. The number of carbonyl (C=O) groups excluding carboxylic acids is 1. The Bertz CT molecular complexity index is 1270. The van der Waals surface area contributed by atoms with Crippen LogP contribution in [0.2, 0.25) is 5.02 Å².